The van der Waals surface area contributed by atoms with Crippen LogP contribution in [-0.2, 0) is 27.4 Å². The summed E-state index contributed by atoms with van der Waals surface area (Å²) in [6.45, 7) is 3.63. The Morgan fingerprint density at radius 2 is 1.03 bits per heavy atom. The highest BCUT2D eigenvalue weighted by Crippen LogP contribution is 2.28. The fourth-order valence-corrected chi connectivity index (χ4v) is 6.94. The molecule has 0 bridgehead atoms. The van der Waals surface area contributed by atoms with Crippen molar-refractivity contribution in [2.24, 2.45) is 0 Å². The number of aliphatic hydroxyl groups is 3. The SMILES string of the molecule is CC(=O)c1cc(C(=O)NN(Cc2ccc(-c3cc(Cl)ccc3F)cc2)C[C@@H](O)C(=O)O)[nH]n1.CC(=O)c1cc(C(=O)NN(Cc2ccc(-c3cc(Cl)ccc3F)cc2)C[C@@H](O)C(=O)OCCN(C)C)[nH]n1.CN(C)CCO. The van der Waals surface area contributed by atoms with Gasteiger partial charge >= 0.3 is 11.9 Å². The van der Waals surface area contributed by atoms with Gasteiger partial charge in [0.2, 0.25) is 0 Å². The number of aliphatic carboxylic acids is 1. The molecule has 0 aliphatic heterocycles. The maximum absolute atomic E-state index is 14.3. The number of carboxylic acids is 1. The number of esters is 1. The first-order valence-corrected chi connectivity index (χ1v) is 24.2. The van der Waals surface area contributed by atoms with E-state index >= 15 is 0 Å². The Hall–Kier alpha value is -7.32. The number of nitrogens with zero attached hydrogens (tertiary/aromatic N) is 6. The zero-order chi connectivity index (χ0) is 56.9. The highest BCUT2D eigenvalue weighted by Gasteiger charge is 2.25. The number of carboxylic acid groups (broad SMARTS) is 1. The minimum Gasteiger partial charge on any atom is -0.479 e. The van der Waals surface area contributed by atoms with Crippen molar-refractivity contribution < 1.29 is 62.7 Å². The van der Waals surface area contributed by atoms with Gasteiger partial charge in [-0.1, -0.05) is 71.7 Å². The number of halogens is 4. The number of nitrogens with one attached hydrogen (secondary N) is 4. The van der Waals surface area contributed by atoms with E-state index in [1.165, 1.54) is 72.4 Å². The average Bonchev–Trinajstić information content (AvgIpc) is 4.09. The number of ketones is 2. The number of benzene rings is 4. The maximum atomic E-state index is 14.3. The fraction of sp³-hybridized carbons (Fsp3) is 0.308. The van der Waals surface area contributed by atoms with Gasteiger partial charge in [0.05, 0.1) is 19.7 Å². The van der Waals surface area contributed by atoms with Crippen LogP contribution < -0.4 is 10.9 Å². The smallest absolute Gasteiger partial charge is 0.336 e. The predicted octanol–water partition coefficient (Wildman–Crippen LogP) is 4.89. The molecular formula is C52H60Cl2F2N10O11. The molecule has 25 heteroatoms. The van der Waals surface area contributed by atoms with E-state index in [1.54, 1.807) is 48.5 Å². The van der Waals surface area contributed by atoms with E-state index < -0.39 is 54.1 Å². The van der Waals surface area contributed by atoms with Crippen LogP contribution >= 0.6 is 23.2 Å². The molecule has 0 radical (unpaired) electrons. The number of amides is 2. The van der Waals surface area contributed by atoms with Crippen molar-refractivity contribution >= 4 is 58.5 Å². The number of hydrazine groups is 2. The van der Waals surface area contributed by atoms with Crippen molar-refractivity contribution in [2.75, 3.05) is 67.6 Å². The van der Waals surface area contributed by atoms with Gasteiger partial charge < -0.3 is 35.0 Å². The van der Waals surface area contributed by atoms with Crippen LogP contribution in [0.5, 0.6) is 0 Å². The molecule has 0 aliphatic rings. The van der Waals surface area contributed by atoms with E-state index in [0.717, 1.165) is 6.54 Å². The molecule has 0 aliphatic carbocycles. The minimum absolute atomic E-state index is 0.0122. The number of aliphatic hydroxyl groups excluding tert-OH is 3. The van der Waals surface area contributed by atoms with Crippen molar-refractivity contribution in [1.82, 2.24) is 51.1 Å². The van der Waals surface area contributed by atoms with Crippen LogP contribution in [0.25, 0.3) is 22.3 Å². The zero-order valence-corrected chi connectivity index (χ0v) is 44.4. The number of aromatic nitrogens is 4. The molecule has 2 amide bonds. The number of likely N-dealkylation sites (N-methyl/N-ethyl adjacent to an activating group) is 2. The Bertz CT molecular complexity index is 2940. The molecule has 77 heavy (non-hydrogen) atoms. The molecule has 4 aromatic carbocycles. The van der Waals surface area contributed by atoms with E-state index in [1.807, 2.05) is 38.0 Å². The first-order chi connectivity index (χ1) is 36.4. The summed E-state index contributed by atoms with van der Waals surface area (Å²) in [5, 5.41) is 53.2. The van der Waals surface area contributed by atoms with Gasteiger partial charge in [-0.05, 0) is 99.0 Å². The number of rotatable bonds is 23. The lowest BCUT2D eigenvalue weighted by Crippen LogP contribution is -2.47. The van der Waals surface area contributed by atoms with Crippen molar-refractivity contribution in [3.63, 3.8) is 0 Å². The first kappa shape index (κ1) is 62.2. The van der Waals surface area contributed by atoms with Crippen LogP contribution in [-0.4, -0.2) is 176 Å². The largest absolute Gasteiger partial charge is 0.479 e. The van der Waals surface area contributed by atoms with Crippen molar-refractivity contribution in [2.45, 2.75) is 39.1 Å². The molecule has 2 atom stereocenters. The fourth-order valence-electron chi connectivity index (χ4n) is 6.60. The van der Waals surface area contributed by atoms with E-state index in [4.69, 9.17) is 38.2 Å². The molecular weight excluding hydrogens is 1050 g/mol. The number of carbonyl (C=O) groups excluding carboxylic acids is 5. The van der Waals surface area contributed by atoms with Gasteiger partial charge in [-0.2, -0.15) is 10.2 Å². The van der Waals surface area contributed by atoms with Crippen LogP contribution in [0, 0.1) is 11.6 Å². The van der Waals surface area contributed by atoms with Crippen LogP contribution in [0.1, 0.15) is 66.9 Å². The number of hydrogen-bond donors (Lipinski definition) is 8. The third kappa shape index (κ3) is 20.6. The molecule has 21 nitrogen and oxygen atoms in total. The molecule has 0 fully saturated rings. The third-order valence-electron chi connectivity index (χ3n) is 10.7. The highest BCUT2D eigenvalue weighted by molar-refractivity contribution is 6.31. The highest BCUT2D eigenvalue weighted by atomic mass is 35.5. The zero-order valence-electron chi connectivity index (χ0n) is 42.9. The second-order valence-corrected chi connectivity index (χ2v) is 18.5. The van der Waals surface area contributed by atoms with Crippen LogP contribution in [0.15, 0.2) is 97.1 Å². The number of carbonyl (C=O) groups is 6. The average molecular weight is 1110 g/mol. The van der Waals surface area contributed by atoms with Gasteiger partial charge in [-0.15, -0.1) is 0 Å². The summed E-state index contributed by atoms with van der Waals surface area (Å²) in [4.78, 5) is 75.3. The van der Waals surface area contributed by atoms with Crippen LogP contribution in [0.2, 0.25) is 10.0 Å². The van der Waals surface area contributed by atoms with Gasteiger partial charge in [0.25, 0.3) is 11.8 Å². The van der Waals surface area contributed by atoms with Crippen LogP contribution in [0.4, 0.5) is 8.78 Å². The first-order valence-electron chi connectivity index (χ1n) is 23.4. The second-order valence-electron chi connectivity index (χ2n) is 17.6. The number of H-pyrrole nitrogens is 2. The summed E-state index contributed by atoms with van der Waals surface area (Å²) in [7, 11) is 7.49. The topological polar surface area (TPSA) is 287 Å². The van der Waals surface area contributed by atoms with Crippen molar-refractivity contribution in [1.29, 1.82) is 0 Å². The molecule has 0 unspecified atom stereocenters. The summed E-state index contributed by atoms with van der Waals surface area (Å²) in [5.41, 5.74) is 8.46. The van der Waals surface area contributed by atoms with Crippen molar-refractivity contribution in [3.05, 3.63) is 153 Å². The quantitative estimate of drug-likeness (QED) is 0.0241. The third-order valence-corrected chi connectivity index (χ3v) is 11.2. The van der Waals surface area contributed by atoms with E-state index in [0.29, 0.717) is 50.0 Å². The summed E-state index contributed by atoms with van der Waals surface area (Å²) in [6.07, 6.45) is -3.31. The molecule has 8 N–H and O–H groups in total. The van der Waals surface area contributed by atoms with Gasteiger partial charge in [-0.25, -0.2) is 28.4 Å². The predicted molar refractivity (Wildman–Crippen MR) is 281 cm³/mol. The molecule has 6 aromatic rings. The Morgan fingerprint density at radius 1 is 0.623 bits per heavy atom. The standard InChI is InChI=1S/C26H29ClFN5O5.C22H20ClFN4O5.C4H11NO/c1-16(34)22-13-23(30-29-22)25(36)31-33(15-24(35)26(37)38-11-10-32(2)3)14-17-4-6-18(7-5-17)20-12-19(27)8-9-21(20)28;1-12(29)18-9-19(26-25-18)21(31)27-28(11-20(30)22(32)33)10-13-2-4-14(5-3-13)16-8-15(23)6-7-17(16)24;1-5(2)3-4-6/h4-9,12-13,24,35H,10-11,14-15H2,1-3H3,(H,29,30)(H,31,36);2-9,20,30H,10-11H2,1H3,(H,25,26)(H,27,31)(H,32,33);6H,3-4H2,1-2H3/t24-;20-;/m11./s1. The monoisotopic (exact) mass is 1110 g/mol. The summed E-state index contributed by atoms with van der Waals surface area (Å²) in [5.74, 6) is -5.10. The lowest BCUT2D eigenvalue weighted by molar-refractivity contribution is -0.155. The molecule has 0 saturated carbocycles. The summed E-state index contributed by atoms with van der Waals surface area (Å²) < 4.78 is 33.5. The second kappa shape index (κ2) is 30.4. The Balaban J connectivity index is 0.000000303. The van der Waals surface area contributed by atoms with Crippen LogP contribution in [0.3, 0.4) is 0 Å². The van der Waals surface area contributed by atoms with Gasteiger partial charge in [0.1, 0.15) is 41.0 Å². The number of aromatic amines is 2. The van der Waals surface area contributed by atoms with Gasteiger partial charge in [-0.3, -0.25) is 40.2 Å². The molecule has 6 rings (SSSR count). The lowest BCUT2D eigenvalue weighted by Gasteiger charge is -2.25. The van der Waals surface area contributed by atoms with Crippen molar-refractivity contribution in [3.8, 4) is 22.3 Å². The molecule has 0 saturated heterocycles. The Morgan fingerprint density at radius 3 is 1.36 bits per heavy atom. The summed E-state index contributed by atoms with van der Waals surface area (Å²) in [6, 6.07) is 24.6. The lowest BCUT2D eigenvalue weighted by atomic mass is 10.0. The Labute approximate surface area is 452 Å². The summed E-state index contributed by atoms with van der Waals surface area (Å²) >= 11 is 12.0. The van der Waals surface area contributed by atoms with E-state index in [2.05, 4.69) is 31.2 Å². The van der Waals surface area contributed by atoms with E-state index in [-0.39, 0.29) is 67.2 Å². The normalized spacial score (nSPS) is 11.8. The van der Waals surface area contributed by atoms with Gasteiger partial charge in [0, 0.05) is 61.2 Å². The van der Waals surface area contributed by atoms with E-state index in [9.17, 15) is 47.8 Å². The number of ether oxygens (including phenoxy) is 1. The Kier molecular flexibility index (Phi) is 24.6. The molecule has 2 heterocycles. The number of hydrogen-bond acceptors (Lipinski definition) is 16. The molecule has 0 spiro atoms. The molecule has 412 valence electrons. The minimum atomic E-state index is -1.76. The molecule has 2 aromatic heterocycles. The maximum Gasteiger partial charge on any atom is 0.336 e. The number of Topliss-reactive ketones (excluding diaryl/α,β-unsaturated/α-hetero) is 2. The van der Waals surface area contributed by atoms with Gasteiger partial charge in [0.15, 0.2) is 23.8 Å².